The molecular weight excluding hydrogens is 440 g/mol. The highest BCUT2D eigenvalue weighted by atomic mass is 35.5. The fourth-order valence-corrected chi connectivity index (χ4v) is 4.91. The number of nitrogens with zero attached hydrogens (tertiary/aromatic N) is 2. The highest BCUT2D eigenvalue weighted by Gasteiger charge is 2.29. The van der Waals surface area contributed by atoms with E-state index >= 15 is 0 Å². The van der Waals surface area contributed by atoms with Gasteiger partial charge in [-0.1, -0.05) is 23.7 Å². The molecule has 0 saturated carbocycles. The molecule has 0 radical (unpaired) electrons. The number of halogens is 1. The zero-order valence-electron chi connectivity index (χ0n) is 18.8. The molecule has 7 heteroatoms. The van der Waals surface area contributed by atoms with Gasteiger partial charge in [0.15, 0.2) is 6.10 Å². The summed E-state index contributed by atoms with van der Waals surface area (Å²) in [7, 11) is 0. The number of hydrogen-bond acceptors (Lipinski definition) is 4. The number of pyridine rings is 1. The molecule has 1 fully saturated rings. The quantitative estimate of drug-likeness (QED) is 0.530. The van der Waals surface area contributed by atoms with Crippen LogP contribution in [0.25, 0.3) is 22.0 Å². The monoisotopic (exact) mass is 466 g/mol. The van der Waals surface area contributed by atoms with E-state index in [1.165, 1.54) is 0 Å². The van der Waals surface area contributed by atoms with Crippen LogP contribution in [0.15, 0.2) is 48.7 Å². The highest BCUT2D eigenvalue weighted by Crippen LogP contribution is 2.36. The molecule has 6 nitrogen and oxygen atoms in total. The van der Waals surface area contributed by atoms with Crippen LogP contribution in [-0.4, -0.2) is 46.1 Å². The van der Waals surface area contributed by atoms with E-state index in [-0.39, 0.29) is 18.2 Å². The zero-order chi connectivity index (χ0) is 23.5. The van der Waals surface area contributed by atoms with E-state index in [0.717, 1.165) is 40.4 Å². The summed E-state index contributed by atoms with van der Waals surface area (Å²) in [6.07, 6.45) is 2.78. The third-order valence-electron chi connectivity index (χ3n) is 6.16. The van der Waals surface area contributed by atoms with Crippen LogP contribution < -0.4 is 4.74 Å². The van der Waals surface area contributed by atoms with Crippen LogP contribution in [0.5, 0.6) is 5.75 Å². The molecule has 0 bridgehead atoms. The maximum Gasteiger partial charge on any atom is 0.303 e. The van der Waals surface area contributed by atoms with Crippen molar-refractivity contribution >= 4 is 34.4 Å². The van der Waals surface area contributed by atoms with Crippen molar-refractivity contribution in [3.63, 3.8) is 0 Å². The molecule has 0 aliphatic carbocycles. The largest absolute Gasteiger partial charge is 0.481 e. The van der Waals surface area contributed by atoms with Crippen molar-refractivity contribution in [3.05, 3.63) is 59.2 Å². The molecule has 172 valence electrons. The molecule has 0 spiro atoms. The zero-order valence-corrected chi connectivity index (χ0v) is 19.5. The molecule has 33 heavy (non-hydrogen) atoms. The van der Waals surface area contributed by atoms with E-state index in [0.29, 0.717) is 23.9 Å². The average molecular weight is 467 g/mol. The minimum atomic E-state index is -0.825. The summed E-state index contributed by atoms with van der Waals surface area (Å²) < 4.78 is 5.97. The Labute approximate surface area is 198 Å². The Morgan fingerprint density at radius 2 is 2.09 bits per heavy atom. The molecule has 2 heterocycles. The molecule has 1 aromatic heterocycles. The molecule has 1 aliphatic heterocycles. The van der Waals surface area contributed by atoms with Gasteiger partial charge < -0.3 is 14.7 Å². The van der Waals surface area contributed by atoms with Gasteiger partial charge in [0.2, 0.25) is 0 Å². The van der Waals surface area contributed by atoms with Gasteiger partial charge in [-0.25, -0.2) is 0 Å². The number of amides is 1. The van der Waals surface area contributed by atoms with E-state index in [1.54, 1.807) is 18.0 Å². The smallest absolute Gasteiger partial charge is 0.303 e. The lowest BCUT2D eigenvalue weighted by molar-refractivity contribution is -0.143. The van der Waals surface area contributed by atoms with Gasteiger partial charge in [0.25, 0.3) is 5.91 Å². The number of ether oxygens (including phenoxy) is 1. The summed E-state index contributed by atoms with van der Waals surface area (Å²) in [5.74, 6) is -0.404. The minimum Gasteiger partial charge on any atom is -0.481 e. The Kier molecular flexibility index (Phi) is 6.84. The first kappa shape index (κ1) is 23.1. The highest BCUT2D eigenvalue weighted by molar-refractivity contribution is 6.34. The summed E-state index contributed by atoms with van der Waals surface area (Å²) in [5.41, 5.74) is 3.81. The van der Waals surface area contributed by atoms with E-state index < -0.39 is 12.1 Å². The molecule has 1 aliphatic rings. The molecule has 1 unspecified atom stereocenters. The lowest BCUT2D eigenvalue weighted by Gasteiger charge is -2.33. The Hall–Kier alpha value is -3.12. The first-order valence-corrected chi connectivity index (χ1v) is 11.5. The number of rotatable bonds is 6. The summed E-state index contributed by atoms with van der Waals surface area (Å²) in [4.78, 5) is 30.2. The van der Waals surface area contributed by atoms with E-state index in [4.69, 9.17) is 21.4 Å². The van der Waals surface area contributed by atoms with Crippen molar-refractivity contribution in [2.75, 3.05) is 13.1 Å². The molecular formula is C26H27ClN2O4. The number of carboxylic acid groups (broad SMARTS) is 1. The number of fused-ring (bicyclic) bond motifs is 1. The van der Waals surface area contributed by atoms with Crippen molar-refractivity contribution in [2.45, 2.75) is 39.2 Å². The lowest BCUT2D eigenvalue weighted by atomic mass is 9.94. The van der Waals surface area contributed by atoms with E-state index in [2.05, 4.69) is 4.98 Å². The minimum absolute atomic E-state index is 0.0102. The molecule has 1 amide bonds. The number of carbonyl (C=O) groups excluding carboxylic acids is 1. The number of piperidine rings is 1. The van der Waals surface area contributed by atoms with Gasteiger partial charge in [-0.2, -0.15) is 0 Å². The van der Waals surface area contributed by atoms with Gasteiger partial charge in [0.05, 0.1) is 5.52 Å². The van der Waals surface area contributed by atoms with Crippen LogP contribution in [0.3, 0.4) is 0 Å². The molecule has 1 saturated heterocycles. The Morgan fingerprint density at radius 3 is 2.85 bits per heavy atom. The van der Waals surface area contributed by atoms with Gasteiger partial charge in [-0.05, 0) is 68.0 Å². The topological polar surface area (TPSA) is 79.7 Å². The van der Waals surface area contributed by atoms with Crippen LogP contribution in [0.2, 0.25) is 5.02 Å². The van der Waals surface area contributed by atoms with E-state index in [9.17, 15) is 9.59 Å². The maximum atomic E-state index is 12.9. The number of carboxylic acids is 1. The van der Waals surface area contributed by atoms with Crippen molar-refractivity contribution in [2.24, 2.45) is 5.92 Å². The van der Waals surface area contributed by atoms with Crippen LogP contribution in [0.1, 0.15) is 31.7 Å². The predicted molar refractivity (Wildman–Crippen MR) is 129 cm³/mol. The fourth-order valence-electron chi connectivity index (χ4n) is 4.58. The van der Waals surface area contributed by atoms with Crippen LogP contribution >= 0.6 is 11.6 Å². The predicted octanol–water partition coefficient (Wildman–Crippen LogP) is 5.34. The number of hydrogen-bond donors (Lipinski definition) is 1. The second-order valence-corrected chi connectivity index (χ2v) is 9.03. The van der Waals surface area contributed by atoms with Crippen LogP contribution in [0, 0.1) is 12.8 Å². The van der Waals surface area contributed by atoms with Gasteiger partial charge >= 0.3 is 5.97 Å². The summed E-state index contributed by atoms with van der Waals surface area (Å²) in [5, 5.41) is 10.7. The van der Waals surface area contributed by atoms with E-state index in [1.807, 2.05) is 49.4 Å². The van der Waals surface area contributed by atoms with Gasteiger partial charge in [-0.3, -0.25) is 14.6 Å². The Balaban J connectivity index is 1.53. The second-order valence-electron chi connectivity index (χ2n) is 8.62. The molecule has 2 aromatic carbocycles. The molecule has 1 N–H and O–H groups in total. The van der Waals surface area contributed by atoms with Gasteiger partial charge in [-0.15, -0.1) is 0 Å². The van der Waals surface area contributed by atoms with Crippen molar-refractivity contribution < 1.29 is 19.4 Å². The van der Waals surface area contributed by atoms with Crippen LogP contribution in [0.4, 0.5) is 0 Å². The van der Waals surface area contributed by atoms with Crippen molar-refractivity contribution in [1.29, 1.82) is 0 Å². The van der Waals surface area contributed by atoms with Crippen molar-refractivity contribution in [3.8, 4) is 16.9 Å². The Bertz CT molecular complexity index is 1180. The summed E-state index contributed by atoms with van der Waals surface area (Å²) >= 11 is 6.49. The average Bonchev–Trinajstić information content (AvgIpc) is 2.78. The second kappa shape index (κ2) is 9.79. The molecule has 4 rings (SSSR count). The van der Waals surface area contributed by atoms with Gasteiger partial charge in [0, 0.05) is 47.7 Å². The molecule has 3 aromatic rings. The third-order valence-corrected chi connectivity index (χ3v) is 6.48. The van der Waals surface area contributed by atoms with Crippen molar-refractivity contribution in [1.82, 2.24) is 9.88 Å². The maximum absolute atomic E-state index is 12.9. The SMILES string of the molecule is Cc1cccc(Cl)c1-c1ccnc2cc(OC(C)C(=O)N3CCC[C@H](CC(=O)O)C3)ccc12. The number of aromatic nitrogens is 1. The number of likely N-dealkylation sites (tertiary alicyclic amines) is 1. The number of benzene rings is 2. The van der Waals surface area contributed by atoms with Gasteiger partial charge in [0.1, 0.15) is 5.75 Å². The number of aryl methyl sites for hydroxylation is 1. The summed E-state index contributed by atoms with van der Waals surface area (Å²) in [6.45, 7) is 4.84. The molecule has 2 atom stereocenters. The first-order chi connectivity index (χ1) is 15.8. The normalized spacial score (nSPS) is 17.1. The lowest BCUT2D eigenvalue weighted by Crippen LogP contribution is -2.46. The van der Waals surface area contributed by atoms with Crippen LogP contribution in [-0.2, 0) is 9.59 Å². The Morgan fingerprint density at radius 1 is 1.27 bits per heavy atom. The third kappa shape index (κ3) is 5.11. The number of aliphatic carboxylic acids is 1. The summed E-state index contributed by atoms with van der Waals surface area (Å²) in [6, 6.07) is 13.4. The fraction of sp³-hybridized carbons (Fsp3) is 0.346. The standard InChI is InChI=1S/C26H27ClN2O4/c1-16-5-3-7-22(27)25(16)21-10-11-28-23-14-19(8-9-20(21)23)33-17(2)26(32)29-12-4-6-18(15-29)13-24(30)31/h3,5,7-11,14,17-18H,4,6,12-13,15H2,1-2H3,(H,30,31)/t17?,18-/m1/s1. The number of carbonyl (C=O) groups is 2. The first-order valence-electron chi connectivity index (χ1n) is 11.1.